The number of hydrogen-bond acceptors (Lipinski definition) is 3. The van der Waals surface area contributed by atoms with Gasteiger partial charge in [-0.05, 0) is 31.0 Å². The number of hydrogen-bond donors (Lipinski definition) is 0. The molecule has 1 aliphatic carbocycles. The van der Waals surface area contributed by atoms with Gasteiger partial charge in [-0.2, -0.15) is 0 Å². The van der Waals surface area contributed by atoms with Gasteiger partial charge in [0.05, 0.1) is 25.4 Å². The van der Waals surface area contributed by atoms with Crippen molar-refractivity contribution in [3.8, 4) is 5.75 Å². The minimum Gasteiger partial charge on any atom is -0.492 e. The molecule has 1 aromatic rings. The molecule has 112 valence electrons. The highest BCUT2D eigenvalue weighted by Gasteiger charge is 2.52. The van der Waals surface area contributed by atoms with Crippen molar-refractivity contribution in [2.75, 3.05) is 26.4 Å². The van der Waals surface area contributed by atoms with Crippen LogP contribution in [0.5, 0.6) is 5.75 Å². The summed E-state index contributed by atoms with van der Waals surface area (Å²) in [4.78, 5) is 14.9. The molecule has 0 unspecified atom stereocenters. The lowest BCUT2D eigenvalue weighted by atomic mass is 9.86. The first-order valence-corrected chi connectivity index (χ1v) is 7.69. The Morgan fingerprint density at radius 1 is 1.24 bits per heavy atom. The molecule has 0 radical (unpaired) electrons. The first kappa shape index (κ1) is 13.1. The third-order valence-corrected chi connectivity index (χ3v) is 5.02. The zero-order valence-corrected chi connectivity index (χ0v) is 12.6. The summed E-state index contributed by atoms with van der Waals surface area (Å²) < 4.78 is 11.3. The van der Waals surface area contributed by atoms with Gasteiger partial charge in [0.25, 0.3) is 5.91 Å². The van der Waals surface area contributed by atoms with Crippen molar-refractivity contribution in [3.05, 3.63) is 29.3 Å². The molecular weight excluding hydrogens is 266 g/mol. The minimum atomic E-state index is -0.0199. The van der Waals surface area contributed by atoms with E-state index in [-0.39, 0.29) is 16.9 Å². The highest BCUT2D eigenvalue weighted by atomic mass is 16.5. The van der Waals surface area contributed by atoms with Gasteiger partial charge in [0.15, 0.2) is 0 Å². The van der Waals surface area contributed by atoms with Gasteiger partial charge in [-0.15, -0.1) is 0 Å². The molecule has 1 amide bonds. The van der Waals surface area contributed by atoms with E-state index in [1.165, 1.54) is 0 Å². The molecule has 2 aliphatic heterocycles. The average Bonchev–Trinajstić information content (AvgIpc) is 3.17. The lowest BCUT2D eigenvalue weighted by Gasteiger charge is -2.36. The quantitative estimate of drug-likeness (QED) is 0.796. The summed E-state index contributed by atoms with van der Waals surface area (Å²) in [7, 11) is 0. The Morgan fingerprint density at radius 3 is 2.81 bits per heavy atom. The molecule has 3 aliphatic rings. The Bertz CT molecular complexity index is 604. The second-order valence-corrected chi connectivity index (χ2v) is 7.12. The Hall–Kier alpha value is -1.55. The molecule has 4 rings (SSSR count). The van der Waals surface area contributed by atoms with Gasteiger partial charge in [-0.3, -0.25) is 4.79 Å². The second-order valence-electron chi connectivity index (χ2n) is 7.12. The summed E-state index contributed by atoms with van der Waals surface area (Å²) in [6, 6.07) is 5.86. The van der Waals surface area contributed by atoms with Crippen LogP contribution in [0.15, 0.2) is 18.2 Å². The zero-order valence-electron chi connectivity index (χ0n) is 12.6. The van der Waals surface area contributed by atoms with Crippen LogP contribution in [-0.2, 0) is 10.2 Å². The molecule has 4 nitrogen and oxygen atoms in total. The summed E-state index contributed by atoms with van der Waals surface area (Å²) in [5.41, 5.74) is 1.89. The van der Waals surface area contributed by atoms with E-state index < -0.39 is 0 Å². The third kappa shape index (κ3) is 1.96. The van der Waals surface area contributed by atoms with Crippen molar-refractivity contribution in [3.63, 3.8) is 0 Å². The Morgan fingerprint density at radius 2 is 2.05 bits per heavy atom. The maximum absolute atomic E-state index is 12.9. The van der Waals surface area contributed by atoms with E-state index in [4.69, 9.17) is 9.47 Å². The van der Waals surface area contributed by atoms with Crippen LogP contribution in [0.25, 0.3) is 0 Å². The SMILES string of the molecule is CC1(C)COc2ccc(C(=O)N3CCOCC34CC4)cc21. The Labute approximate surface area is 125 Å². The minimum absolute atomic E-state index is 0.0135. The summed E-state index contributed by atoms with van der Waals surface area (Å²) in [6.45, 7) is 7.04. The third-order valence-electron chi connectivity index (χ3n) is 5.02. The first-order valence-electron chi connectivity index (χ1n) is 7.69. The standard InChI is InChI=1S/C17H21NO3/c1-16(2)10-21-14-4-3-12(9-13(14)16)15(19)18-7-8-20-11-17(18)5-6-17/h3-4,9H,5-8,10-11H2,1-2H3. The number of nitrogens with zero attached hydrogens (tertiary/aromatic N) is 1. The van der Waals surface area contributed by atoms with Crippen LogP contribution < -0.4 is 4.74 Å². The topological polar surface area (TPSA) is 38.8 Å². The van der Waals surface area contributed by atoms with Crippen LogP contribution in [0.2, 0.25) is 0 Å². The van der Waals surface area contributed by atoms with Crippen molar-refractivity contribution in [2.45, 2.75) is 37.6 Å². The van der Waals surface area contributed by atoms with E-state index >= 15 is 0 Å². The molecule has 4 heteroatoms. The van der Waals surface area contributed by atoms with Crippen molar-refractivity contribution in [1.29, 1.82) is 0 Å². The van der Waals surface area contributed by atoms with Crippen LogP contribution in [0, 0.1) is 0 Å². The number of rotatable bonds is 1. The summed E-state index contributed by atoms with van der Waals surface area (Å²) >= 11 is 0. The van der Waals surface area contributed by atoms with E-state index in [2.05, 4.69) is 13.8 Å². The molecule has 21 heavy (non-hydrogen) atoms. The predicted octanol–water partition coefficient (Wildman–Crippen LogP) is 2.36. The maximum Gasteiger partial charge on any atom is 0.254 e. The number of morpholine rings is 1. The summed E-state index contributed by atoms with van der Waals surface area (Å²) in [6.07, 6.45) is 2.14. The number of ether oxygens (including phenoxy) is 2. The molecule has 1 aromatic carbocycles. The van der Waals surface area contributed by atoms with E-state index in [0.717, 1.165) is 29.7 Å². The lowest BCUT2D eigenvalue weighted by molar-refractivity contribution is -0.0117. The van der Waals surface area contributed by atoms with Crippen LogP contribution in [0.4, 0.5) is 0 Å². The maximum atomic E-state index is 12.9. The second kappa shape index (κ2) is 4.23. The van der Waals surface area contributed by atoms with Gasteiger partial charge in [0.2, 0.25) is 0 Å². The van der Waals surface area contributed by atoms with Crippen molar-refractivity contribution in [2.24, 2.45) is 0 Å². The monoisotopic (exact) mass is 287 g/mol. The van der Waals surface area contributed by atoms with Gasteiger partial charge in [0, 0.05) is 23.1 Å². The zero-order chi connectivity index (χ0) is 14.7. The predicted molar refractivity (Wildman–Crippen MR) is 78.8 cm³/mol. The van der Waals surface area contributed by atoms with E-state index in [0.29, 0.717) is 26.4 Å². The normalized spacial score (nSPS) is 24.6. The van der Waals surface area contributed by atoms with Crippen molar-refractivity contribution < 1.29 is 14.3 Å². The molecule has 0 N–H and O–H groups in total. The van der Waals surface area contributed by atoms with E-state index in [1.54, 1.807) is 0 Å². The van der Waals surface area contributed by atoms with E-state index in [9.17, 15) is 4.79 Å². The average molecular weight is 287 g/mol. The fourth-order valence-electron chi connectivity index (χ4n) is 3.42. The lowest BCUT2D eigenvalue weighted by Crippen LogP contribution is -2.50. The summed E-state index contributed by atoms with van der Waals surface area (Å²) in [5, 5.41) is 0. The largest absolute Gasteiger partial charge is 0.492 e. The van der Waals surface area contributed by atoms with Crippen LogP contribution >= 0.6 is 0 Å². The number of fused-ring (bicyclic) bond motifs is 1. The van der Waals surface area contributed by atoms with Crippen LogP contribution in [-0.4, -0.2) is 42.7 Å². The van der Waals surface area contributed by atoms with Crippen LogP contribution in [0.3, 0.4) is 0 Å². The first-order chi connectivity index (χ1) is 10.0. The van der Waals surface area contributed by atoms with Gasteiger partial charge in [-0.25, -0.2) is 0 Å². The smallest absolute Gasteiger partial charge is 0.254 e. The number of carbonyl (C=O) groups is 1. The highest BCUT2D eigenvalue weighted by Crippen LogP contribution is 2.45. The van der Waals surface area contributed by atoms with Crippen LogP contribution in [0.1, 0.15) is 42.6 Å². The van der Waals surface area contributed by atoms with Gasteiger partial charge >= 0.3 is 0 Å². The van der Waals surface area contributed by atoms with Gasteiger partial charge in [-0.1, -0.05) is 13.8 Å². The molecule has 0 aromatic heterocycles. The number of carbonyl (C=O) groups excluding carboxylic acids is 1. The molecule has 0 atom stereocenters. The fraction of sp³-hybridized carbons (Fsp3) is 0.588. The molecule has 2 heterocycles. The molecular formula is C17H21NO3. The molecule has 1 saturated carbocycles. The van der Waals surface area contributed by atoms with E-state index in [1.807, 2.05) is 23.1 Å². The highest BCUT2D eigenvalue weighted by molar-refractivity contribution is 5.95. The molecule has 2 fully saturated rings. The molecule has 0 bridgehead atoms. The van der Waals surface area contributed by atoms with Crippen molar-refractivity contribution >= 4 is 5.91 Å². The summed E-state index contributed by atoms with van der Waals surface area (Å²) in [5.74, 6) is 1.06. The Balaban J connectivity index is 1.66. The number of amides is 1. The van der Waals surface area contributed by atoms with Gasteiger partial charge < -0.3 is 14.4 Å². The molecule has 1 saturated heterocycles. The Kier molecular flexibility index (Phi) is 2.65. The van der Waals surface area contributed by atoms with Crippen molar-refractivity contribution in [1.82, 2.24) is 4.90 Å². The fourth-order valence-corrected chi connectivity index (χ4v) is 3.42. The number of benzene rings is 1. The van der Waals surface area contributed by atoms with Gasteiger partial charge in [0.1, 0.15) is 5.75 Å². The molecule has 1 spiro atoms.